The molecule has 0 aliphatic heterocycles. The number of hydrogen-bond donors (Lipinski definition) is 2. The van der Waals surface area contributed by atoms with Gasteiger partial charge in [0.05, 0.1) is 18.5 Å². The Morgan fingerprint density at radius 2 is 1.94 bits per heavy atom. The standard InChI is InChI=1S/C23H25ClN4O3S/c1-23(2,3)21(30)27-22-26-18-17(32-22)9-6-12-10-15(28(4)19(12)18)20(29)25-14-11-13(24)7-8-16(14)31-5/h7-8,10-11H,6,9H2,1-5H3,(H,25,29)(H,26,27,30). The van der Waals surface area contributed by atoms with Crippen molar-refractivity contribution in [1.29, 1.82) is 0 Å². The number of anilines is 2. The number of fused-ring (bicyclic) bond motifs is 3. The summed E-state index contributed by atoms with van der Waals surface area (Å²) in [6.45, 7) is 5.60. The lowest BCUT2D eigenvalue weighted by Crippen LogP contribution is -2.27. The number of carbonyl (C=O) groups excluding carboxylic acids is 2. The van der Waals surface area contributed by atoms with E-state index >= 15 is 0 Å². The lowest BCUT2D eigenvalue weighted by Gasteiger charge is -2.15. The summed E-state index contributed by atoms with van der Waals surface area (Å²) in [5.41, 5.74) is 3.30. The molecule has 9 heteroatoms. The number of methoxy groups -OCH3 is 1. The lowest BCUT2D eigenvalue weighted by molar-refractivity contribution is -0.123. The first kappa shape index (κ1) is 22.4. The van der Waals surface area contributed by atoms with Crippen LogP contribution in [0, 0.1) is 5.41 Å². The smallest absolute Gasteiger partial charge is 0.272 e. The summed E-state index contributed by atoms with van der Waals surface area (Å²) < 4.78 is 7.19. The van der Waals surface area contributed by atoms with Crippen LogP contribution in [0.15, 0.2) is 24.3 Å². The Labute approximate surface area is 195 Å². The fourth-order valence-electron chi connectivity index (χ4n) is 3.64. The summed E-state index contributed by atoms with van der Waals surface area (Å²) in [5.74, 6) is 0.189. The molecule has 0 saturated heterocycles. The molecule has 0 unspecified atom stereocenters. The first-order valence-corrected chi connectivity index (χ1v) is 11.4. The fourth-order valence-corrected chi connectivity index (χ4v) is 4.77. The maximum Gasteiger partial charge on any atom is 0.272 e. The van der Waals surface area contributed by atoms with E-state index in [-0.39, 0.29) is 11.8 Å². The average molecular weight is 473 g/mol. The number of ether oxygens (including phenoxy) is 1. The van der Waals surface area contributed by atoms with Gasteiger partial charge in [0.25, 0.3) is 5.91 Å². The molecule has 1 aliphatic carbocycles. The molecule has 0 atom stereocenters. The van der Waals surface area contributed by atoms with Gasteiger partial charge in [-0.1, -0.05) is 32.4 Å². The van der Waals surface area contributed by atoms with Crippen molar-refractivity contribution in [3.63, 3.8) is 0 Å². The zero-order valence-corrected chi connectivity index (χ0v) is 20.2. The summed E-state index contributed by atoms with van der Waals surface area (Å²) in [4.78, 5) is 31.3. The van der Waals surface area contributed by atoms with Gasteiger partial charge in [0.2, 0.25) is 5.91 Å². The molecule has 168 valence electrons. The highest BCUT2D eigenvalue weighted by molar-refractivity contribution is 7.16. The normalized spacial score (nSPS) is 12.7. The van der Waals surface area contributed by atoms with Crippen LogP contribution < -0.4 is 15.4 Å². The van der Waals surface area contributed by atoms with Crippen LogP contribution in [0.3, 0.4) is 0 Å². The Morgan fingerprint density at radius 1 is 1.19 bits per heavy atom. The summed E-state index contributed by atoms with van der Waals surface area (Å²) in [6.07, 6.45) is 1.62. The largest absolute Gasteiger partial charge is 0.495 e. The number of benzene rings is 1. The summed E-state index contributed by atoms with van der Waals surface area (Å²) in [5, 5.41) is 6.91. The van der Waals surface area contributed by atoms with Crippen LogP contribution in [0.25, 0.3) is 11.4 Å². The van der Waals surface area contributed by atoms with Gasteiger partial charge in [-0.25, -0.2) is 4.98 Å². The molecule has 0 bridgehead atoms. The molecule has 7 nitrogen and oxygen atoms in total. The third kappa shape index (κ3) is 4.12. The van der Waals surface area contributed by atoms with Gasteiger partial charge in [-0.05, 0) is 42.7 Å². The van der Waals surface area contributed by atoms with Crippen LogP contribution in [-0.2, 0) is 24.7 Å². The maximum absolute atomic E-state index is 13.1. The van der Waals surface area contributed by atoms with Gasteiger partial charge in [-0.3, -0.25) is 9.59 Å². The number of halogens is 1. The minimum atomic E-state index is -0.505. The van der Waals surface area contributed by atoms with Crippen molar-refractivity contribution in [3.8, 4) is 17.1 Å². The Hall–Kier alpha value is -2.84. The van der Waals surface area contributed by atoms with Crippen molar-refractivity contribution >= 4 is 45.6 Å². The maximum atomic E-state index is 13.1. The zero-order valence-electron chi connectivity index (χ0n) is 18.6. The van der Waals surface area contributed by atoms with Crippen molar-refractivity contribution in [1.82, 2.24) is 9.55 Å². The van der Waals surface area contributed by atoms with E-state index in [1.807, 2.05) is 38.5 Å². The highest BCUT2D eigenvalue weighted by Gasteiger charge is 2.29. The van der Waals surface area contributed by atoms with Gasteiger partial charge < -0.3 is 19.9 Å². The van der Waals surface area contributed by atoms with Crippen LogP contribution in [0.1, 0.15) is 41.7 Å². The second kappa shape index (κ2) is 8.26. The highest BCUT2D eigenvalue weighted by atomic mass is 35.5. The van der Waals surface area contributed by atoms with Gasteiger partial charge in [0.1, 0.15) is 17.1 Å². The molecule has 32 heavy (non-hydrogen) atoms. The van der Waals surface area contributed by atoms with Crippen molar-refractivity contribution in [2.24, 2.45) is 12.5 Å². The molecule has 0 radical (unpaired) electrons. The lowest BCUT2D eigenvalue weighted by atomic mass is 9.96. The fraction of sp³-hybridized carbons (Fsp3) is 0.348. The number of aromatic nitrogens is 2. The summed E-state index contributed by atoms with van der Waals surface area (Å²) in [6, 6.07) is 6.97. The van der Waals surface area contributed by atoms with E-state index in [1.54, 1.807) is 25.3 Å². The summed E-state index contributed by atoms with van der Waals surface area (Å²) in [7, 11) is 3.39. The molecule has 3 aromatic rings. The molecule has 0 spiro atoms. The van der Waals surface area contributed by atoms with Crippen molar-refractivity contribution in [2.45, 2.75) is 33.6 Å². The third-order valence-electron chi connectivity index (χ3n) is 5.40. The predicted molar refractivity (Wildman–Crippen MR) is 128 cm³/mol. The van der Waals surface area contributed by atoms with Crippen LogP contribution in [0.5, 0.6) is 5.75 Å². The molecule has 2 aromatic heterocycles. The topological polar surface area (TPSA) is 85.2 Å². The zero-order chi connectivity index (χ0) is 23.2. The number of nitrogens with zero attached hydrogens (tertiary/aromatic N) is 2. The van der Waals surface area contributed by atoms with E-state index in [2.05, 4.69) is 10.6 Å². The molecule has 0 saturated carbocycles. The second-order valence-electron chi connectivity index (χ2n) is 8.76. The Morgan fingerprint density at radius 3 is 2.62 bits per heavy atom. The van der Waals surface area contributed by atoms with Gasteiger partial charge in [-0.15, -0.1) is 11.3 Å². The highest BCUT2D eigenvalue weighted by Crippen LogP contribution is 2.40. The van der Waals surface area contributed by atoms with Crippen molar-refractivity contribution in [3.05, 3.63) is 45.4 Å². The van der Waals surface area contributed by atoms with Crippen LogP contribution in [0.2, 0.25) is 5.02 Å². The van der Waals surface area contributed by atoms with Crippen LogP contribution in [-0.4, -0.2) is 28.5 Å². The number of rotatable bonds is 4. The first-order chi connectivity index (χ1) is 15.1. The molecular formula is C23H25ClN4O3S. The summed E-state index contributed by atoms with van der Waals surface area (Å²) >= 11 is 7.58. The second-order valence-corrected chi connectivity index (χ2v) is 10.3. The van der Waals surface area contributed by atoms with Crippen LogP contribution in [0.4, 0.5) is 10.8 Å². The van der Waals surface area contributed by atoms with E-state index in [4.69, 9.17) is 21.3 Å². The molecule has 4 rings (SSSR count). The number of aryl methyl sites for hydroxylation is 2. The third-order valence-corrected chi connectivity index (χ3v) is 6.66. The SMILES string of the molecule is COc1ccc(Cl)cc1NC(=O)c1cc2c(n1C)-c1nc(NC(=O)C(C)(C)C)sc1CC2. The molecule has 2 amide bonds. The molecule has 2 heterocycles. The van der Waals surface area contributed by atoms with Gasteiger partial charge in [0.15, 0.2) is 5.13 Å². The molecule has 0 fully saturated rings. The predicted octanol–water partition coefficient (Wildman–Crippen LogP) is 5.15. The van der Waals surface area contributed by atoms with Crippen molar-refractivity contribution < 1.29 is 14.3 Å². The van der Waals surface area contributed by atoms with Crippen molar-refractivity contribution in [2.75, 3.05) is 17.7 Å². The van der Waals surface area contributed by atoms with Gasteiger partial charge in [-0.2, -0.15) is 0 Å². The number of amides is 2. The van der Waals surface area contributed by atoms with E-state index < -0.39 is 5.41 Å². The average Bonchev–Trinajstić information content (AvgIpc) is 3.27. The first-order valence-electron chi connectivity index (χ1n) is 10.2. The molecule has 1 aliphatic rings. The Bertz CT molecular complexity index is 1220. The van der Waals surface area contributed by atoms with E-state index in [1.165, 1.54) is 11.3 Å². The minimum absolute atomic E-state index is 0.0776. The number of thiazole rings is 1. The molecular weight excluding hydrogens is 448 g/mol. The number of carbonyl (C=O) groups is 2. The van der Waals surface area contributed by atoms with E-state index in [9.17, 15) is 9.59 Å². The monoisotopic (exact) mass is 472 g/mol. The minimum Gasteiger partial charge on any atom is -0.495 e. The molecule has 2 N–H and O–H groups in total. The van der Waals surface area contributed by atoms with Gasteiger partial charge in [0, 0.05) is 22.4 Å². The quantitative estimate of drug-likeness (QED) is 0.550. The Kier molecular flexibility index (Phi) is 5.77. The number of nitrogens with one attached hydrogen (secondary N) is 2. The van der Waals surface area contributed by atoms with Gasteiger partial charge >= 0.3 is 0 Å². The number of hydrogen-bond acceptors (Lipinski definition) is 5. The van der Waals surface area contributed by atoms with Crippen LogP contribution >= 0.6 is 22.9 Å². The molecule has 1 aromatic carbocycles. The Balaban J connectivity index is 1.65. The van der Waals surface area contributed by atoms with E-state index in [0.717, 1.165) is 34.7 Å². The van der Waals surface area contributed by atoms with E-state index in [0.29, 0.717) is 27.3 Å².